The van der Waals surface area contributed by atoms with Crippen molar-refractivity contribution in [2.45, 2.75) is 51.7 Å². The first-order chi connectivity index (χ1) is 8.78. The predicted molar refractivity (Wildman–Crippen MR) is 71.5 cm³/mol. The Balaban J connectivity index is 1.82. The Kier molecular flexibility index (Phi) is 4.62. The summed E-state index contributed by atoms with van der Waals surface area (Å²) in [6.07, 6.45) is 5.85. The Morgan fingerprint density at radius 2 is 1.94 bits per heavy atom. The van der Waals surface area contributed by atoms with E-state index in [-0.39, 0.29) is 5.91 Å². The number of hydrogen-bond acceptors (Lipinski definition) is 2. The van der Waals surface area contributed by atoms with Crippen LogP contribution < -0.4 is 10.1 Å². The highest BCUT2D eigenvalue weighted by Gasteiger charge is 2.16. The number of ether oxygens (including phenoxy) is 1. The largest absolute Gasteiger partial charge is 0.490 e. The van der Waals surface area contributed by atoms with Crippen molar-refractivity contribution < 1.29 is 9.53 Å². The van der Waals surface area contributed by atoms with Crippen molar-refractivity contribution in [3.8, 4) is 5.75 Å². The quantitative estimate of drug-likeness (QED) is 0.868. The highest BCUT2D eigenvalue weighted by molar-refractivity contribution is 5.75. The second-order valence-corrected chi connectivity index (χ2v) is 4.80. The van der Waals surface area contributed by atoms with E-state index in [2.05, 4.69) is 5.32 Å². The molecule has 0 radical (unpaired) electrons. The van der Waals surface area contributed by atoms with E-state index >= 15 is 0 Å². The minimum absolute atomic E-state index is 0.0845. The average molecular weight is 247 g/mol. The lowest BCUT2D eigenvalue weighted by Gasteiger charge is -2.13. The molecule has 98 valence electrons. The fourth-order valence-corrected chi connectivity index (χ4v) is 2.21. The van der Waals surface area contributed by atoms with Gasteiger partial charge in [0.1, 0.15) is 5.75 Å². The van der Waals surface area contributed by atoms with Crippen LogP contribution in [0, 0.1) is 0 Å². The minimum Gasteiger partial charge on any atom is -0.490 e. The molecule has 3 nitrogen and oxygen atoms in total. The number of rotatable bonds is 5. The summed E-state index contributed by atoms with van der Waals surface area (Å²) in [7, 11) is 0. The first kappa shape index (κ1) is 12.9. The molecule has 1 amide bonds. The molecule has 3 heteroatoms. The molecule has 1 aromatic rings. The van der Waals surface area contributed by atoms with E-state index in [0.29, 0.717) is 19.1 Å². The molecule has 0 heterocycles. The van der Waals surface area contributed by atoms with Gasteiger partial charge in [-0.1, -0.05) is 19.1 Å². The van der Waals surface area contributed by atoms with E-state index in [1.165, 1.54) is 25.7 Å². The van der Waals surface area contributed by atoms with Gasteiger partial charge >= 0.3 is 0 Å². The maximum atomic E-state index is 11.1. The highest BCUT2D eigenvalue weighted by Crippen LogP contribution is 2.24. The number of carbonyl (C=O) groups is 1. The average Bonchev–Trinajstić information content (AvgIpc) is 2.90. The zero-order valence-corrected chi connectivity index (χ0v) is 10.9. The molecule has 0 bridgehead atoms. The lowest BCUT2D eigenvalue weighted by molar-refractivity contribution is -0.120. The fraction of sp³-hybridized carbons (Fsp3) is 0.533. The lowest BCUT2D eigenvalue weighted by Crippen LogP contribution is -2.21. The van der Waals surface area contributed by atoms with Crippen LogP contribution in [0.3, 0.4) is 0 Å². The summed E-state index contributed by atoms with van der Waals surface area (Å²) in [6.45, 7) is 2.45. The second kappa shape index (κ2) is 6.43. The summed E-state index contributed by atoms with van der Waals surface area (Å²) in [5.74, 6) is 1.02. The maximum Gasteiger partial charge on any atom is 0.219 e. The molecule has 1 saturated carbocycles. The normalized spacial score (nSPS) is 15.6. The molecule has 0 aromatic heterocycles. The predicted octanol–water partition coefficient (Wildman–Crippen LogP) is 3.03. The Morgan fingerprint density at radius 3 is 2.56 bits per heavy atom. The third-order valence-corrected chi connectivity index (χ3v) is 3.34. The van der Waals surface area contributed by atoms with Crippen LogP contribution in [-0.4, -0.2) is 12.0 Å². The van der Waals surface area contributed by atoms with E-state index < -0.39 is 0 Å². The summed E-state index contributed by atoms with van der Waals surface area (Å²) >= 11 is 0. The fourth-order valence-electron chi connectivity index (χ4n) is 2.21. The van der Waals surface area contributed by atoms with Crippen molar-refractivity contribution >= 4 is 5.91 Å². The van der Waals surface area contributed by atoms with Crippen molar-refractivity contribution in [1.29, 1.82) is 0 Å². The Labute approximate surface area is 109 Å². The molecule has 0 aliphatic heterocycles. The van der Waals surface area contributed by atoms with Gasteiger partial charge in [-0.3, -0.25) is 4.79 Å². The van der Waals surface area contributed by atoms with Crippen molar-refractivity contribution in [1.82, 2.24) is 5.32 Å². The minimum atomic E-state index is 0.0845. The molecular weight excluding hydrogens is 226 g/mol. The van der Waals surface area contributed by atoms with Crippen LogP contribution in [0.5, 0.6) is 5.75 Å². The SMILES string of the molecule is CCC(=O)NCc1ccc(OC2CCCC2)cc1. The van der Waals surface area contributed by atoms with E-state index in [0.717, 1.165) is 11.3 Å². The first-order valence-corrected chi connectivity index (χ1v) is 6.80. The smallest absolute Gasteiger partial charge is 0.219 e. The zero-order chi connectivity index (χ0) is 12.8. The molecule has 1 aliphatic rings. The molecule has 1 aromatic carbocycles. The summed E-state index contributed by atoms with van der Waals surface area (Å²) in [5.41, 5.74) is 1.11. The molecule has 0 atom stereocenters. The molecule has 1 aliphatic carbocycles. The lowest BCUT2D eigenvalue weighted by atomic mass is 10.2. The summed E-state index contributed by atoms with van der Waals surface area (Å²) < 4.78 is 5.89. The van der Waals surface area contributed by atoms with Gasteiger partial charge in [-0.15, -0.1) is 0 Å². The standard InChI is InChI=1S/C15H21NO2/c1-2-15(17)16-11-12-7-9-14(10-8-12)18-13-5-3-4-6-13/h7-10,13H,2-6,11H2,1H3,(H,16,17). The van der Waals surface area contributed by atoms with E-state index in [4.69, 9.17) is 4.74 Å². The van der Waals surface area contributed by atoms with Gasteiger partial charge in [0.2, 0.25) is 5.91 Å². The molecule has 0 unspecified atom stereocenters. The molecule has 0 saturated heterocycles. The van der Waals surface area contributed by atoms with Crippen molar-refractivity contribution in [3.05, 3.63) is 29.8 Å². The third-order valence-electron chi connectivity index (χ3n) is 3.34. The molecule has 1 fully saturated rings. The number of benzene rings is 1. The molecule has 0 spiro atoms. The van der Waals surface area contributed by atoms with Gasteiger partial charge in [-0.05, 0) is 43.4 Å². The first-order valence-electron chi connectivity index (χ1n) is 6.80. The van der Waals surface area contributed by atoms with Crippen LogP contribution in [0.2, 0.25) is 0 Å². The van der Waals surface area contributed by atoms with Gasteiger partial charge in [-0.2, -0.15) is 0 Å². The van der Waals surface area contributed by atoms with E-state index in [9.17, 15) is 4.79 Å². The Hall–Kier alpha value is -1.51. The molecule has 18 heavy (non-hydrogen) atoms. The highest BCUT2D eigenvalue weighted by atomic mass is 16.5. The van der Waals surface area contributed by atoms with Gasteiger partial charge in [0, 0.05) is 13.0 Å². The van der Waals surface area contributed by atoms with Crippen LogP contribution >= 0.6 is 0 Å². The van der Waals surface area contributed by atoms with Gasteiger partial charge in [0.15, 0.2) is 0 Å². The summed E-state index contributed by atoms with van der Waals surface area (Å²) in [6, 6.07) is 8.01. The van der Waals surface area contributed by atoms with Crippen LogP contribution in [0.25, 0.3) is 0 Å². The van der Waals surface area contributed by atoms with Crippen molar-refractivity contribution in [2.24, 2.45) is 0 Å². The van der Waals surface area contributed by atoms with Crippen molar-refractivity contribution in [2.75, 3.05) is 0 Å². The Bertz CT molecular complexity index is 380. The summed E-state index contributed by atoms with van der Waals surface area (Å²) in [5, 5.41) is 2.86. The van der Waals surface area contributed by atoms with Crippen molar-refractivity contribution in [3.63, 3.8) is 0 Å². The Morgan fingerprint density at radius 1 is 1.28 bits per heavy atom. The van der Waals surface area contributed by atoms with E-state index in [1.807, 2.05) is 31.2 Å². The monoisotopic (exact) mass is 247 g/mol. The molecular formula is C15H21NO2. The zero-order valence-electron chi connectivity index (χ0n) is 10.9. The maximum absolute atomic E-state index is 11.1. The number of carbonyl (C=O) groups excluding carboxylic acids is 1. The summed E-state index contributed by atoms with van der Waals surface area (Å²) in [4.78, 5) is 11.1. The van der Waals surface area contributed by atoms with Gasteiger partial charge in [0.05, 0.1) is 6.10 Å². The van der Waals surface area contributed by atoms with Crippen LogP contribution in [0.15, 0.2) is 24.3 Å². The number of hydrogen-bond donors (Lipinski definition) is 1. The van der Waals surface area contributed by atoms with Crippen LogP contribution in [0.1, 0.15) is 44.6 Å². The van der Waals surface area contributed by atoms with Crippen LogP contribution in [0.4, 0.5) is 0 Å². The third kappa shape index (κ3) is 3.76. The number of nitrogens with one attached hydrogen (secondary N) is 1. The second-order valence-electron chi connectivity index (χ2n) is 4.80. The van der Waals surface area contributed by atoms with Gasteiger partial charge in [0.25, 0.3) is 0 Å². The topological polar surface area (TPSA) is 38.3 Å². The van der Waals surface area contributed by atoms with Gasteiger partial charge in [-0.25, -0.2) is 0 Å². The molecule has 2 rings (SSSR count). The number of amides is 1. The van der Waals surface area contributed by atoms with Gasteiger partial charge < -0.3 is 10.1 Å². The van der Waals surface area contributed by atoms with E-state index in [1.54, 1.807) is 0 Å². The van der Waals surface area contributed by atoms with Crippen LogP contribution in [-0.2, 0) is 11.3 Å². The molecule has 1 N–H and O–H groups in total.